The zero-order chi connectivity index (χ0) is 7.33. The van der Waals surface area contributed by atoms with Crippen LogP contribution in [0, 0.1) is 0 Å². The van der Waals surface area contributed by atoms with Gasteiger partial charge in [0.25, 0.3) is 0 Å². The first-order valence-corrected chi connectivity index (χ1v) is 4.85. The molecular formula is C3H10NO3PS. The molecule has 0 aliphatic rings. The van der Waals surface area contributed by atoms with Crippen LogP contribution >= 0.6 is 20.2 Å². The normalized spacial score (nSPS) is 11.9. The van der Waals surface area contributed by atoms with E-state index in [0.29, 0.717) is 12.3 Å². The van der Waals surface area contributed by atoms with Crippen molar-refractivity contribution < 1.29 is 14.4 Å². The fourth-order valence-corrected chi connectivity index (χ4v) is 0.911. The van der Waals surface area contributed by atoms with Crippen LogP contribution in [0.25, 0.3) is 0 Å². The topological polar surface area (TPSA) is 69.6 Å². The maximum Gasteiger partial charge on any atom is 0.339 e. The Morgan fingerprint density at radius 1 is 1.56 bits per heavy atom. The Balaban J connectivity index is 3.18. The minimum absolute atomic E-state index is 0.256. The summed E-state index contributed by atoms with van der Waals surface area (Å²) in [6.07, 6.45) is -0.256. The van der Waals surface area contributed by atoms with Gasteiger partial charge < -0.3 is 15.1 Å². The van der Waals surface area contributed by atoms with Gasteiger partial charge in [-0.1, -0.05) is 0 Å². The average molecular weight is 171 g/mol. The summed E-state index contributed by atoms with van der Waals surface area (Å²) in [4.78, 5) is 16.5. The van der Waals surface area contributed by atoms with Crippen LogP contribution in [0.2, 0.25) is 0 Å². The zero-order valence-electron chi connectivity index (χ0n) is 4.82. The van der Waals surface area contributed by atoms with Crippen LogP contribution in [0.3, 0.4) is 0 Å². The second-order valence-electron chi connectivity index (χ2n) is 1.55. The minimum atomic E-state index is -3.84. The Bertz CT molecular complexity index is 114. The first-order chi connectivity index (χ1) is 4.06. The lowest BCUT2D eigenvalue weighted by Crippen LogP contribution is -2.17. The van der Waals surface area contributed by atoms with Gasteiger partial charge in [-0.3, -0.25) is 4.57 Å². The maximum atomic E-state index is 10.1. The number of hydrogen-bond donors (Lipinski definition) is 4. The van der Waals surface area contributed by atoms with Crippen molar-refractivity contribution in [2.24, 2.45) is 0 Å². The van der Waals surface area contributed by atoms with Crippen molar-refractivity contribution in [1.82, 2.24) is 5.32 Å². The molecule has 6 heteroatoms. The lowest BCUT2D eigenvalue weighted by Gasteiger charge is -2.02. The molecular weight excluding hydrogens is 161 g/mol. The van der Waals surface area contributed by atoms with Crippen molar-refractivity contribution in [3.8, 4) is 0 Å². The van der Waals surface area contributed by atoms with E-state index >= 15 is 0 Å². The fraction of sp³-hybridized carbons (Fsp3) is 1.00. The van der Waals surface area contributed by atoms with Gasteiger partial charge in [0.1, 0.15) is 0 Å². The van der Waals surface area contributed by atoms with Crippen molar-refractivity contribution in [1.29, 1.82) is 0 Å². The van der Waals surface area contributed by atoms with Gasteiger partial charge in [0.2, 0.25) is 0 Å². The molecule has 0 aromatic carbocycles. The highest BCUT2D eigenvalue weighted by molar-refractivity contribution is 7.80. The van der Waals surface area contributed by atoms with E-state index in [4.69, 9.17) is 9.79 Å². The molecule has 0 radical (unpaired) electrons. The molecule has 9 heavy (non-hydrogen) atoms. The summed E-state index contributed by atoms with van der Waals surface area (Å²) >= 11 is 3.83. The lowest BCUT2D eigenvalue weighted by molar-refractivity contribution is 0.368. The number of thiol groups is 1. The summed E-state index contributed by atoms with van der Waals surface area (Å²) in [5.41, 5.74) is 0. The smallest absolute Gasteiger partial charge is 0.324 e. The summed E-state index contributed by atoms with van der Waals surface area (Å²) in [6, 6.07) is 0. The predicted octanol–water partition coefficient (Wildman–Crippen LogP) is -0.359. The molecule has 0 fully saturated rings. The van der Waals surface area contributed by atoms with Crippen LogP contribution in [0.1, 0.15) is 0 Å². The van der Waals surface area contributed by atoms with E-state index < -0.39 is 7.60 Å². The molecule has 0 aliphatic heterocycles. The Labute approximate surface area is 59.2 Å². The summed E-state index contributed by atoms with van der Waals surface area (Å²) < 4.78 is 10.1. The molecule has 0 aromatic heterocycles. The number of hydrogen-bond acceptors (Lipinski definition) is 3. The third-order valence-electron chi connectivity index (χ3n) is 0.606. The standard InChI is InChI=1S/C3H10NO3PS/c5-8(6,7)3-4-1-2-9/h4,9H,1-3H2,(H2,5,6,7). The Morgan fingerprint density at radius 3 is 2.44 bits per heavy atom. The molecule has 0 aliphatic carbocycles. The molecule has 0 saturated heterocycles. The van der Waals surface area contributed by atoms with E-state index in [9.17, 15) is 4.57 Å². The van der Waals surface area contributed by atoms with E-state index in [1.54, 1.807) is 0 Å². The van der Waals surface area contributed by atoms with E-state index in [0.717, 1.165) is 0 Å². The Morgan fingerprint density at radius 2 is 2.11 bits per heavy atom. The van der Waals surface area contributed by atoms with Crippen molar-refractivity contribution in [2.45, 2.75) is 0 Å². The van der Waals surface area contributed by atoms with Gasteiger partial charge in [-0.15, -0.1) is 0 Å². The molecule has 0 spiro atoms. The molecule has 0 amide bonds. The second kappa shape index (κ2) is 4.30. The van der Waals surface area contributed by atoms with Crippen molar-refractivity contribution in [3.05, 3.63) is 0 Å². The highest BCUT2D eigenvalue weighted by Gasteiger charge is 2.09. The summed E-state index contributed by atoms with van der Waals surface area (Å²) in [5.74, 6) is 0.583. The SMILES string of the molecule is O=P(O)(O)CNCCS. The quantitative estimate of drug-likeness (QED) is 0.265. The van der Waals surface area contributed by atoms with Crippen LogP contribution in [0.15, 0.2) is 0 Å². The summed E-state index contributed by atoms with van der Waals surface area (Å²) in [5, 5.41) is 2.54. The molecule has 0 bridgehead atoms. The van der Waals surface area contributed by atoms with Gasteiger partial charge in [-0.2, -0.15) is 12.6 Å². The van der Waals surface area contributed by atoms with Gasteiger partial charge in [0.05, 0.1) is 6.29 Å². The van der Waals surface area contributed by atoms with Gasteiger partial charge in [-0.05, 0) is 0 Å². The van der Waals surface area contributed by atoms with Crippen LogP contribution in [0.4, 0.5) is 0 Å². The minimum Gasteiger partial charge on any atom is -0.324 e. The van der Waals surface area contributed by atoms with Crippen LogP contribution in [-0.4, -0.2) is 28.4 Å². The van der Waals surface area contributed by atoms with Gasteiger partial charge >= 0.3 is 7.60 Å². The van der Waals surface area contributed by atoms with Gasteiger partial charge in [0, 0.05) is 12.3 Å². The molecule has 0 unspecified atom stereocenters. The Hall–Kier alpha value is 0.460. The van der Waals surface area contributed by atoms with Crippen LogP contribution in [-0.2, 0) is 4.57 Å². The van der Waals surface area contributed by atoms with Crippen LogP contribution < -0.4 is 5.32 Å². The second-order valence-corrected chi connectivity index (χ2v) is 3.64. The zero-order valence-corrected chi connectivity index (χ0v) is 6.61. The molecule has 56 valence electrons. The summed E-state index contributed by atoms with van der Waals surface area (Å²) in [6.45, 7) is 0.522. The van der Waals surface area contributed by atoms with Gasteiger partial charge in [-0.25, -0.2) is 0 Å². The number of rotatable bonds is 4. The number of nitrogens with one attached hydrogen (secondary N) is 1. The largest absolute Gasteiger partial charge is 0.339 e. The first-order valence-electron chi connectivity index (χ1n) is 2.42. The average Bonchev–Trinajstić information content (AvgIpc) is 1.63. The molecule has 3 N–H and O–H groups in total. The molecule has 0 aromatic rings. The maximum absolute atomic E-state index is 10.1. The van der Waals surface area contributed by atoms with E-state index in [1.165, 1.54) is 0 Å². The fourth-order valence-electron chi connectivity index (χ4n) is 0.304. The van der Waals surface area contributed by atoms with Crippen LogP contribution in [0.5, 0.6) is 0 Å². The Kier molecular flexibility index (Phi) is 4.52. The molecule has 0 atom stereocenters. The van der Waals surface area contributed by atoms with Crippen molar-refractivity contribution in [3.63, 3.8) is 0 Å². The summed E-state index contributed by atoms with van der Waals surface area (Å²) in [7, 11) is -3.84. The van der Waals surface area contributed by atoms with Crippen molar-refractivity contribution in [2.75, 3.05) is 18.6 Å². The molecule has 0 saturated carbocycles. The molecule has 0 heterocycles. The highest BCUT2D eigenvalue weighted by Crippen LogP contribution is 2.31. The van der Waals surface area contributed by atoms with Crippen molar-refractivity contribution >= 4 is 20.2 Å². The predicted molar refractivity (Wildman–Crippen MR) is 38.8 cm³/mol. The molecule has 4 nitrogen and oxygen atoms in total. The third-order valence-corrected chi connectivity index (χ3v) is 1.47. The third kappa shape index (κ3) is 8.46. The van der Waals surface area contributed by atoms with E-state index in [1.807, 2.05) is 0 Å². The highest BCUT2D eigenvalue weighted by atomic mass is 32.1. The lowest BCUT2D eigenvalue weighted by atomic mass is 10.8. The van der Waals surface area contributed by atoms with E-state index in [-0.39, 0.29) is 6.29 Å². The monoisotopic (exact) mass is 171 g/mol. The molecule has 0 rings (SSSR count). The first kappa shape index (κ1) is 9.46. The van der Waals surface area contributed by atoms with Gasteiger partial charge in [0.15, 0.2) is 0 Å². The van der Waals surface area contributed by atoms with E-state index in [2.05, 4.69) is 17.9 Å².